The van der Waals surface area contributed by atoms with E-state index in [-0.39, 0.29) is 5.41 Å². The number of thioether (sulfide) groups is 2. The van der Waals surface area contributed by atoms with Crippen LogP contribution in [0.5, 0.6) is 0 Å². The molecule has 0 radical (unpaired) electrons. The van der Waals surface area contributed by atoms with Gasteiger partial charge in [0.2, 0.25) is 5.89 Å². The second kappa shape index (κ2) is 5.30. The Labute approximate surface area is 122 Å². The maximum absolute atomic E-state index is 5.89. The van der Waals surface area contributed by atoms with Gasteiger partial charge in [0, 0.05) is 22.8 Å². The van der Waals surface area contributed by atoms with E-state index in [0.717, 1.165) is 30.3 Å². The number of rotatable bonds is 3. The highest BCUT2D eigenvalue weighted by Gasteiger charge is 2.43. The van der Waals surface area contributed by atoms with Crippen molar-refractivity contribution in [2.24, 2.45) is 5.73 Å². The van der Waals surface area contributed by atoms with E-state index in [2.05, 4.69) is 24.0 Å². The fourth-order valence-electron chi connectivity index (χ4n) is 2.61. The van der Waals surface area contributed by atoms with Gasteiger partial charge in [-0.05, 0) is 12.8 Å². The van der Waals surface area contributed by atoms with E-state index in [1.54, 1.807) is 0 Å². The summed E-state index contributed by atoms with van der Waals surface area (Å²) < 4.78 is 5.51. The molecule has 2 aliphatic rings. The molecule has 2 fully saturated rings. The van der Waals surface area contributed by atoms with Crippen molar-refractivity contribution in [2.45, 2.75) is 54.3 Å². The van der Waals surface area contributed by atoms with Crippen molar-refractivity contribution in [1.82, 2.24) is 10.1 Å². The monoisotopic (exact) mass is 299 g/mol. The van der Waals surface area contributed by atoms with Gasteiger partial charge >= 0.3 is 0 Å². The Hall–Kier alpha value is -0.200. The zero-order chi connectivity index (χ0) is 13.5. The molecule has 0 spiro atoms. The van der Waals surface area contributed by atoms with Crippen LogP contribution in [-0.4, -0.2) is 32.9 Å². The lowest BCUT2D eigenvalue weighted by Crippen LogP contribution is -2.41. The van der Waals surface area contributed by atoms with E-state index in [0.29, 0.717) is 22.3 Å². The molecule has 1 saturated carbocycles. The molecule has 3 unspecified atom stereocenters. The third-order valence-corrected chi connectivity index (χ3v) is 7.82. The number of nitrogens with zero attached hydrogens (tertiary/aromatic N) is 2. The second-order valence-electron chi connectivity index (χ2n) is 5.66. The van der Waals surface area contributed by atoms with E-state index in [1.165, 1.54) is 6.42 Å². The highest BCUT2D eigenvalue weighted by atomic mass is 32.2. The van der Waals surface area contributed by atoms with Gasteiger partial charge in [-0.15, -0.1) is 11.8 Å². The van der Waals surface area contributed by atoms with Crippen molar-refractivity contribution in [3.63, 3.8) is 0 Å². The van der Waals surface area contributed by atoms with Crippen molar-refractivity contribution in [3.05, 3.63) is 11.7 Å². The van der Waals surface area contributed by atoms with Gasteiger partial charge in [0.1, 0.15) is 0 Å². The van der Waals surface area contributed by atoms with Crippen LogP contribution in [-0.2, 0) is 5.41 Å². The topological polar surface area (TPSA) is 64.9 Å². The van der Waals surface area contributed by atoms with Crippen LogP contribution in [0.2, 0.25) is 0 Å². The summed E-state index contributed by atoms with van der Waals surface area (Å²) in [7, 11) is 0. The molecule has 19 heavy (non-hydrogen) atoms. The van der Waals surface area contributed by atoms with Gasteiger partial charge in [-0.2, -0.15) is 16.7 Å². The van der Waals surface area contributed by atoms with Gasteiger partial charge in [0.25, 0.3) is 0 Å². The lowest BCUT2D eigenvalue weighted by Gasteiger charge is -2.37. The summed E-state index contributed by atoms with van der Waals surface area (Å²) in [5.41, 5.74) is 5.87. The molecule has 1 saturated heterocycles. The molecular weight excluding hydrogens is 278 g/mol. The number of hydrogen-bond acceptors (Lipinski definition) is 6. The van der Waals surface area contributed by atoms with Gasteiger partial charge in [0.05, 0.1) is 10.7 Å². The normalized spacial score (nSPS) is 33.9. The largest absolute Gasteiger partial charge is 0.339 e. The summed E-state index contributed by atoms with van der Waals surface area (Å²) in [6.07, 6.45) is 3.40. The highest BCUT2D eigenvalue weighted by molar-refractivity contribution is 8.07. The fourth-order valence-corrected chi connectivity index (χ4v) is 5.44. The predicted molar refractivity (Wildman–Crippen MR) is 80.6 cm³/mol. The van der Waals surface area contributed by atoms with E-state index < -0.39 is 0 Å². The molecule has 1 aliphatic heterocycles. The van der Waals surface area contributed by atoms with Crippen molar-refractivity contribution >= 4 is 23.5 Å². The Balaban J connectivity index is 1.74. The summed E-state index contributed by atoms with van der Waals surface area (Å²) in [6, 6.07) is 0. The summed E-state index contributed by atoms with van der Waals surface area (Å²) in [5, 5.41) is 5.92. The SMILES string of the molecule is CC1SCC(c2noc(C3(CN)CCC3)n2)SC1C. The van der Waals surface area contributed by atoms with Crippen LogP contribution >= 0.6 is 23.5 Å². The van der Waals surface area contributed by atoms with Crippen molar-refractivity contribution in [3.8, 4) is 0 Å². The molecule has 6 heteroatoms. The van der Waals surface area contributed by atoms with Crippen molar-refractivity contribution in [2.75, 3.05) is 12.3 Å². The highest BCUT2D eigenvalue weighted by Crippen LogP contribution is 2.45. The first-order chi connectivity index (χ1) is 9.14. The van der Waals surface area contributed by atoms with Gasteiger partial charge in [0.15, 0.2) is 5.82 Å². The van der Waals surface area contributed by atoms with Crippen molar-refractivity contribution in [1.29, 1.82) is 0 Å². The lowest BCUT2D eigenvalue weighted by atomic mass is 9.69. The van der Waals surface area contributed by atoms with Gasteiger partial charge in [-0.1, -0.05) is 25.4 Å². The minimum Gasteiger partial charge on any atom is -0.339 e. The van der Waals surface area contributed by atoms with E-state index in [4.69, 9.17) is 10.3 Å². The number of hydrogen-bond donors (Lipinski definition) is 1. The molecule has 3 atom stereocenters. The maximum atomic E-state index is 5.89. The van der Waals surface area contributed by atoms with E-state index in [9.17, 15) is 0 Å². The third-order valence-electron chi connectivity index (χ3n) is 4.44. The van der Waals surface area contributed by atoms with Crippen molar-refractivity contribution < 1.29 is 4.52 Å². The molecule has 1 aromatic heterocycles. The smallest absolute Gasteiger partial charge is 0.234 e. The maximum Gasteiger partial charge on any atom is 0.234 e. The molecule has 0 bridgehead atoms. The van der Waals surface area contributed by atoms with E-state index in [1.807, 2.05) is 23.5 Å². The molecular formula is C13H21N3OS2. The Morgan fingerprint density at radius 3 is 2.74 bits per heavy atom. The van der Waals surface area contributed by atoms with E-state index >= 15 is 0 Å². The summed E-state index contributed by atoms with van der Waals surface area (Å²) in [4.78, 5) is 4.67. The quantitative estimate of drug-likeness (QED) is 0.926. The molecule has 0 aromatic carbocycles. The average Bonchev–Trinajstić information content (AvgIpc) is 2.82. The first kappa shape index (κ1) is 13.8. The van der Waals surface area contributed by atoms with Gasteiger partial charge in [-0.25, -0.2) is 0 Å². The standard InChI is InChI=1S/C13H21N3OS2/c1-8-9(2)19-10(6-18-8)11-15-12(17-16-11)13(7-14)4-3-5-13/h8-10H,3-7,14H2,1-2H3. The van der Waals surface area contributed by atoms with Crippen LogP contribution in [0.25, 0.3) is 0 Å². The number of nitrogens with two attached hydrogens (primary N) is 1. The minimum atomic E-state index is -0.0172. The zero-order valence-corrected chi connectivity index (χ0v) is 13.1. The first-order valence-electron chi connectivity index (χ1n) is 6.96. The molecule has 3 rings (SSSR count). The zero-order valence-electron chi connectivity index (χ0n) is 11.5. The van der Waals surface area contributed by atoms with Crippen LogP contribution in [0.1, 0.15) is 50.1 Å². The Bertz CT molecular complexity index is 441. The van der Waals surface area contributed by atoms with Gasteiger partial charge < -0.3 is 10.3 Å². The molecule has 1 aliphatic carbocycles. The molecule has 4 nitrogen and oxygen atoms in total. The Morgan fingerprint density at radius 1 is 1.37 bits per heavy atom. The second-order valence-corrected chi connectivity index (χ2v) is 8.66. The van der Waals surface area contributed by atoms with Crippen LogP contribution in [0.4, 0.5) is 0 Å². The first-order valence-corrected chi connectivity index (χ1v) is 8.95. The van der Waals surface area contributed by atoms with Crippen LogP contribution in [0.3, 0.4) is 0 Å². The van der Waals surface area contributed by atoms with Crippen LogP contribution in [0.15, 0.2) is 4.52 Å². The fraction of sp³-hybridized carbons (Fsp3) is 0.846. The van der Waals surface area contributed by atoms with Crippen LogP contribution < -0.4 is 5.73 Å². The minimum absolute atomic E-state index is 0.0172. The Morgan fingerprint density at radius 2 is 2.16 bits per heavy atom. The average molecular weight is 299 g/mol. The molecule has 2 N–H and O–H groups in total. The molecule has 0 amide bonds. The summed E-state index contributed by atoms with van der Waals surface area (Å²) in [6.45, 7) is 5.19. The molecule has 1 aromatic rings. The summed E-state index contributed by atoms with van der Waals surface area (Å²) >= 11 is 3.97. The molecule has 106 valence electrons. The molecule has 2 heterocycles. The third kappa shape index (κ3) is 2.43. The summed E-state index contributed by atoms with van der Waals surface area (Å²) in [5.74, 6) is 2.71. The number of aromatic nitrogens is 2. The Kier molecular flexibility index (Phi) is 3.84. The van der Waals surface area contributed by atoms with Crippen LogP contribution in [0, 0.1) is 0 Å². The predicted octanol–water partition coefficient (Wildman–Crippen LogP) is 2.75. The van der Waals surface area contributed by atoms with Gasteiger partial charge in [-0.3, -0.25) is 0 Å². The lowest BCUT2D eigenvalue weighted by molar-refractivity contribution is 0.181.